The molecule has 0 bridgehead atoms. The van der Waals surface area contributed by atoms with Crippen molar-refractivity contribution in [1.82, 2.24) is 0 Å². The number of rotatable bonds is 6. The van der Waals surface area contributed by atoms with Crippen LogP contribution in [0.25, 0.3) is 10.8 Å². The summed E-state index contributed by atoms with van der Waals surface area (Å²) in [6.45, 7) is 0.914. The topological polar surface area (TPSA) is 76.0 Å². The molecule has 2 rings (SSSR count). The fourth-order valence-corrected chi connectivity index (χ4v) is 2.77. The van der Waals surface area contributed by atoms with Crippen molar-refractivity contribution in [2.75, 3.05) is 20.3 Å². The van der Waals surface area contributed by atoms with Crippen molar-refractivity contribution < 1.29 is 23.8 Å². The number of ether oxygens (including phenoxy) is 2. The fraction of sp³-hybridized carbons (Fsp3) is 0.286. The van der Waals surface area contributed by atoms with Crippen LogP contribution in [0.4, 0.5) is 0 Å². The van der Waals surface area contributed by atoms with E-state index in [4.69, 9.17) is 19.3 Å². The second-order valence-electron chi connectivity index (χ2n) is 4.43. The van der Waals surface area contributed by atoms with Crippen molar-refractivity contribution in [3.8, 4) is 5.75 Å². The van der Waals surface area contributed by atoms with Gasteiger partial charge in [-0.2, -0.15) is 0 Å². The monoisotopic (exact) mass is 296 g/mol. The molecule has 0 fully saturated rings. The lowest BCUT2D eigenvalue weighted by molar-refractivity contribution is 0.147. The summed E-state index contributed by atoms with van der Waals surface area (Å²) in [7, 11) is -2.49. The first-order valence-electron chi connectivity index (χ1n) is 6.18. The third-order valence-electron chi connectivity index (χ3n) is 2.90. The molecule has 108 valence electrons. The molecule has 0 saturated carbocycles. The maximum Gasteiger partial charge on any atom is 0.329 e. The average molecular weight is 296 g/mol. The second-order valence-corrected chi connectivity index (χ2v) is 6.08. The molecule has 2 aromatic rings. The van der Waals surface area contributed by atoms with Crippen LogP contribution in [0.5, 0.6) is 5.75 Å². The molecule has 2 N–H and O–H groups in total. The van der Waals surface area contributed by atoms with Crippen LogP contribution in [-0.4, -0.2) is 30.1 Å². The Hall–Kier alpha value is -1.39. The van der Waals surface area contributed by atoms with Gasteiger partial charge in [0.15, 0.2) is 0 Å². The van der Waals surface area contributed by atoms with E-state index in [-0.39, 0.29) is 6.16 Å². The van der Waals surface area contributed by atoms with Gasteiger partial charge in [0.25, 0.3) is 0 Å². The summed E-state index contributed by atoms with van der Waals surface area (Å²) >= 11 is 0. The molecule has 0 aliphatic heterocycles. The Bertz CT molecular complexity index is 634. The van der Waals surface area contributed by atoms with Crippen molar-refractivity contribution in [2.45, 2.75) is 6.16 Å². The molecule has 0 heterocycles. The van der Waals surface area contributed by atoms with Crippen molar-refractivity contribution in [3.05, 3.63) is 42.0 Å². The van der Waals surface area contributed by atoms with Gasteiger partial charge in [0.05, 0.1) is 12.8 Å². The number of methoxy groups -OCH3 is 1. The molecule has 0 amide bonds. The van der Waals surface area contributed by atoms with Crippen molar-refractivity contribution in [2.24, 2.45) is 0 Å². The van der Waals surface area contributed by atoms with Crippen LogP contribution >= 0.6 is 7.60 Å². The van der Waals surface area contributed by atoms with E-state index in [0.29, 0.717) is 24.5 Å². The Labute approximate surface area is 117 Å². The lowest BCUT2D eigenvalue weighted by atomic mass is 10.0. The highest BCUT2D eigenvalue weighted by Gasteiger charge is 2.17. The normalized spacial score (nSPS) is 11.8. The Morgan fingerprint density at radius 2 is 1.75 bits per heavy atom. The Balaban J connectivity index is 2.39. The molecule has 0 unspecified atom stereocenters. The summed E-state index contributed by atoms with van der Waals surface area (Å²) in [4.78, 5) is 18.3. The molecule has 0 radical (unpaired) electrons. The van der Waals surface area contributed by atoms with E-state index in [0.717, 1.165) is 10.8 Å². The summed E-state index contributed by atoms with van der Waals surface area (Å²) in [6.07, 6.45) is -0.272. The van der Waals surface area contributed by atoms with Crippen molar-refractivity contribution in [1.29, 1.82) is 0 Å². The van der Waals surface area contributed by atoms with Crippen LogP contribution in [0.2, 0.25) is 0 Å². The van der Waals surface area contributed by atoms with E-state index in [1.54, 1.807) is 19.2 Å². The minimum atomic E-state index is -4.09. The zero-order chi connectivity index (χ0) is 14.6. The van der Waals surface area contributed by atoms with Crippen LogP contribution in [0, 0.1) is 0 Å². The van der Waals surface area contributed by atoms with Crippen LogP contribution in [0.1, 0.15) is 5.56 Å². The third-order valence-corrected chi connectivity index (χ3v) is 3.65. The molecule has 0 spiro atoms. The second kappa shape index (κ2) is 6.37. The fourth-order valence-electron chi connectivity index (χ4n) is 2.05. The number of hydrogen-bond acceptors (Lipinski definition) is 3. The maximum atomic E-state index is 11.2. The molecule has 5 nitrogen and oxygen atoms in total. The van der Waals surface area contributed by atoms with E-state index >= 15 is 0 Å². The molecule has 2 aromatic carbocycles. The summed E-state index contributed by atoms with van der Waals surface area (Å²) in [5.41, 5.74) is 0.619. The predicted molar refractivity (Wildman–Crippen MR) is 77.1 cm³/mol. The molecular formula is C14H17O5P. The van der Waals surface area contributed by atoms with E-state index in [9.17, 15) is 4.57 Å². The predicted octanol–water partition coefficient (Wildman–Crippen LogP) is 2.54. The molecule has 0 aliphatic carbocycles. The van der Waals surface area contributed by atoms with Gasteiger partial charge in [-0.15, -0.1) is 0 Å². The zero-order valence-corrected chi connectivity index (χ0v) is 12.0. The lowest BCUT2D eigenvalue weighted by Gasteiger charge is -2.13. The van der Waals surface area contributed by atoms with E-state index in [2.05, 4.69) is 0 Å². The minimum absolute atomic E-state index is 0.272. The van der Waals surface area contributed by atoms with Gasteiger partial charge in [-0.3, -0.25) is 4.57 Å². The van der Waals surface area contributed by atoms with Crippen LogP contribution in [0.3, 0.4) is 0 Å². The lowest BCUT2D eigenvalue weighted by Crippen LogP contribution is -2.04. The van der Waals surface area contributed by atoms with Crippen LogP contribution in [0.15, 0.2) is 36.4 Å². The number of hydrogen-bond donors (Lipinski definition) is 2. The van der Waals surface area contributed by atoms with Crippen LogP contribution in [-0.2, 0) is 15.5 Å². The Kier molecular flexibility index (Phi) is 4.78. The first-order valence-corrected chi connectivity index (χ1v) is 7.98. The van der Waals surface area contributed by atoms with Gasteiger partial charge < -0.3 is 19.3 Å². The van der Waals surface area contributed by atoms with Gasteiger partial charge >= 0.3 is 7.60 Å². The van der Waals surface area contributed by atoms with Gasteiger partial charge in [-0.1, -0.05) is 30.3 Å². The van der Waals surface area contributed by atoms with E-state index < -0.39 is 7.60 Å². The molecular weight excluding hydrogens is 279 g/mol. The third kappa shape index (κ3) is 3.81. The zero-order valence-electron chi connectivity index (χ0n) is 11.2. The van der Waals surface area contributed by atoms with Crippen LogP contribution < -0.4 is 4.74 Å². The van der Waals surface area contributed by atoms with Gasteiger partial charge in [-0.05, 0) is 17.0 Å². The van der Waals surface area contributed by atoms with Crippen molar-refractivity contribution >= 4 is 18.4 Å². The minimum Gasteiger partial charge on any atom is -0.491 e. The number of benzene rings is 2. The van der Waals surface area contributed by atoms with Gasteiger partial charge in [0, 0.05) is 12.5 Å². The van der Waals surface area contributed by atoms with Crippen molar-refractivity contribution in [3.63, 3.8) is 0 Å². The van der Waals surface area contributed by atoms with Gasteiger partial charge in [0.1, 0.15) is 12.4 Å². The summed E-state index contributed by atoms with van der Waals surface area (Å²) in [5.74, 6) is 0.687. The summed E-state index contributed by atoms with van der Waals surface area (Å²) < 4.78 is 21.7. The molecule has 0 aliphatic rings. The quantitative estimate of drug-likeness (QED) is 0.633. The van der Waals surface area contributed by atoms with Gasteiger partial charge in [0.2, 0.25) is 0 Å². The SMILES string of the molecule is COCCOc1ccc(CP(=O)(O)O)c2ccccc12. The largest absolute Gasteiger partial charge is 0.491 e. The smallest absolute Gasteiger partial charge is 0.329 e. The molecule has 6 heteroatoms. The summed E-state index contributed by atoms with van der Waals surface area (Å²) in [6, 6.07) is 10.9. The number of fused-ring (bicyclic) bond motifs is 1. The molecule has 0 aromatic heterocycles. The summed E-state index contributed by atoms with van der Waals surface area (Å²) in [5, 5.41) is 1.64. The Morgan fingerprint density at radius 1 is 1.05 bits per heavy atom. The maximum absolute atomic E-state index is 11.2. The molecule has 20 heavy (non-hydrogen) atoms. The molecule has 0 saturated heterocycles. The highest BCUT2D eigenvalue weighted by Crippen LogP contribution is 2.42. The average Bonchev–Trinajstić information content (AvgIpc) is 2.40. The van der Waals surface area contributed by atoms with Gasteiger partial charge in [-0.25, -0.2) is 0 Å². The molecule has 0 atom stereocenters. The van der Waals surface area contributed by atoms with E-state index in [1.165, 1.54) is 0 Å². The highest BCUT2D eigenvalue weighted by atomic mass is 31.2. The highest BCUT2D eigenvalue weighted by molar-refractivity contribution is 7.50. The van der Waals surface area contributed by atoms with E-state index in [1.807, 2.05) is 24.3 Å². The standard InChI is InChI=1S/C14H17O5P/c1-18-8-9-19-14-7-6-11(10-20(15,16)17)12-4-2-3-5-13(12)14/h2-7H,8-10H2,1H3,(H2,15,16,17). The first kappa shape index (κ1) is 15.0. The Morgan fingerprint density at radius 3 is 2.40 bits per heavy atom. The first-order chi connectivity index (χ1) is 9.51.